The van der Waals surface area contributed by atoms with E-state index < -0.39 is 0 Å². The summed E-state index contributed by atoms with van der Waals surface area (Å²) < 4.78 is 0. The van der Waals surface area contributed by atoms with Crippen molar-refractivity contribution in [3.8, 4) is 0 Å². The molecule has 2 unspecified atom stereocenters. The van der Waals surface area contributed by atoms with Gasteiger partial charge in [-0.3, -0.25) is 4.90 Å². The van der Waals surface area contributed by atoms with Crippen LogP contribution >= 0.6 is 11.6 Å². The summed E-state index contributed by atoms with van der Waals surface area (Å²) in [5.41, 5.74) is 0. The van der Waals surface area contributed by atoms with E-state index in [1.165, 1.54) is 45.1 Å². The van der Waals surface area contributed by atoms with Crippen LogP contribution in [0.1, 0.15) is 38.5 Å². The van der Waals surface area contributed by atoms with Gasteiger partial charge in [0, 0.05) is 18.5 Å². The second kappa shape index (κ2) is 4.65. The van der Waals surface area contributed by atoms with Crippen LogP contribution in [0.3, 0.4) is 0 Å². The van der Waals surface area contributed by atoms with Crippen LogP contribution in [0.25, 0.3) is 0 Å². The maximum atomic E-state index is 5.82. The lowest BCUT2D eigenvalue weighted by atomic mass is 9.78. The highest BCUT2D eigenvalue weighted by atomic mass is 35.5. The molecule has 0 bridgehead atoms. The highest BCUT2D eigenvalue weighted by Gasteiger charge is 2.32. The van der Waals surface area contributed by atoms with Gasteiger partial charge in [-0.2, -0.15) is 0 Å². The Labute approximate surface area is 86.4 Å². The Morgan fingerprint density at radius 2 is 1.85 bits per heavy atom. The van der Waals surface area contributed by atoms with Gasteiger partial charge >= 0.3 is 0 Å². The number of fused-ring (bicyclic) bond motifs is 1. The van der Waals surface area contributed by atoms with E-state index in [9.17, 15) is 0 Å². The maximum Gasteiger partial charge on any atom is 0.0351 e. The first-order chi connectivity index (χ1) is 6.42. The number of piperidine rings is 1. The van der Waals surface area contributed by atoms with Gasteiger partial charge in [0.25, 0.3) is 0 Å². The Bertz CT molecular complexity index is 156. The number of hydrogen-bond acceptors (Lipinski definition) is 1. The summed E-state index contributed by atoms with van der Waals surface area (Å²) in [5, 5.41) is 0. The van der Waals surface area contributed by atoms with E-state index in [0.29, 0.717) is 0 Å². The summed E-state index contributed by atoms with van der Waals surface area (Å²) in [6, 6.07) is 0.890. The zero-order valence-corrected chi connectivity index (χ0v) is 9.10. The Morgan fingerprint density at radius 1 is 1.08 bits per heavy atom. The van der Waals surface area contributed by atoms with Crippen molar-refractivity contribution in [1.29, 1.82) is 0 Å². The van der Waals surface area contributed by atoms with Gasteiger partial charge in [0.2, 0.25) is 0 Å². The molecule has 1 aliphatic heterocycles. The number of halogens is 1. The van der Waals surface area contributed by atoms with Crippen LogP contribution in [-0.4, -0.2) is 29.9 Å². The third-order valence-electron chi connectivity index (χ3n) is 3.73. The van der Waals surface area contributed by atoms with Gasteiger partial charge < -0.3 is 0 Å². The third kappa shape index (κ3) is 2.19. The lowest BCUT2D eigenvalue weighted by Gasteiger charge is -2.44. The van der Waals surface area contributed by atoms with Gasteiger partial charge in [0.15, 0.2) is 0 Å². The topological polar surface area (TPSA) is 3.24 Å². The summed E-state index contributed by atoms with van der Waals surface area (Å²) in [6.45, 7) is 2.41. The minimum atomic E-state index is 0.809. The van der Waals surface area contributed by atoms with Crippen molar-refractivity contribution in [3.05, 3.63) is 0 Å². The molecule has 1 saturated heterocycles. The molecule has 2 atom stereocenters. The Hall–Kier alpha value is 0.250. The fourth-order valence-corrected chi connectivity index (χ4v) is 3.33. The Balaban J connectivity index is 1.94. The molecule has 0 aromatic heterocycles. The monoisotopic (exact) mass is 201 g/mol. The largest absolute Gasteiger partial charge is 0.299 e. The van der Waals surface area contributed by atoms with Gasteiger partial charge in [-0.1, -0.05) is 12.8 Å². The number of likely N-dealkylation sites (tertiary alicyclic amines) is 1. The van der Waals surface area contributed by atoms with E-state index in [0.717, 1.165) is 24.4 Å². The van der Waals surface area contributed by atoms with E-state index in [2.05, 4.69) is 4.90 Å². The average molecular weight is 202 g/mol. The quantitative estimate of drug-likeness (QED) is 0.622. The average Bonchev–Trinajstić information content (AvgIpc) is 2.19. The molecule has 0 amide bonds. The van der Waals surface area contributed by atoms with Crippen LogP contribution in [-0.2, 0) is 0 Å². The number of hydrogen-bond donors (Lipinski definition) is 0. The molecule has 0 aromatic rings. The van der Waals surface area contributed by atoms with Crippen molar-refractivity contribution in [1.82, 2.24) is 4.90 Å². The minimum Gasteiger partial charge on any atom is -0.299 e. The van der Waals surface area contributed by atoms with Gasteiger partial charge in [-0.15, -0.1) is 11.6 Å². The van der Waals surface area contributed by atoms with E-state index in [-0.39, 0.29) is 0 Å². The highest BCUT2D eigenvalue weighted by molar-refractivity contribution is 6.18. The molecular formula is C11H20ClN. The molecule has 2 fully saturated rings. The smallest absolute Gasteiger partial charge is 0.0351 e. The predicted octanol–water partition coefficient (Wildman–Crippen LogP) is 2.88. The lowest BCUT2D eigenvalue weighted by Crippen LogP contribution is -2.47. The van der Waals surface area contributed by atoms with Crippen LogP contribution in [0.15, 0.2) is 0 Å². The van der Waals surface area contributed by atoms with Crippen molar-refractivity contribution < 1.29 is 0 Å². The molecule has 2 rings (SSSR count). The van der Waals surface area contributed by atoms with Gasteiger partial charge in [-0.25, -0.2) is 0 Å². The molecule has 76 valence electrons. The van der Waals surface area contributed by atoms with Crippen LogP contribution < -0.4 is 0 Å². The lowest BCUT2D eigenvalue weighted by molar-refractivity contribution is 0.0664. The molecule has 0 N–H and O–H groups in total. The molecule has 1 aliphatic carbocycles. The highest BCUT2D eigenvalue weighted by Crippen LogP contribution is 2.34. The van der Waals surface area contributed by atoms with E-state index in [4.69, 9.17) is 11.6 Å². The first-order valence-electron chi connectivity index (χ1n) is 5.72. The third-order valence-corrected chi connectivity index (χ3v) is 3.90. The molecule has 1 nitrogen and oxygen atoms in total. The number of rotatable bonds is 2. The second-order valence-electron chi connectivity index (χ2n) is 4.48. The molecule has 0 aromatic carbocycles. The predicted molar refractivity (Wildman–Crippen MR) is 57.3 cm³/mol. The standard InChI is InChI=1S/C11H20ClN/c12-7-9-13-8-3-5-10-4-1-2-6-11(10)13/h10-11H,1-9H2. The Kier molecular flexibility index (Phi) is 3.51. The van der Waals surface area contributed by atoms with Crippen molar-refractivity contribution in [3.63, 3.8) is 0 Å². The van der Waals surface area contributed by atoms with Crippen LogP contribution in [0, 0.1) is 5.92 Å². The number of nitrogens with zero attached hydrogens (tertiary/aromatic N) is 1. The minimum absolute atomic E-state index is 0.809. The van der Waals surface area contributed by atoms with Crippen LogP contribution in [0.2, 0.25) is 0 Å². The first kappa shape index (κ1) is 9.79. The summed E-state index contributed by atoms with van der Waals surface area (Å²) in [5.74, 6) is 1.81. The molecule has 13 heavy (non-hydrogen) atoms. The normalized spacial score (nSPS) is 35.8. The summed E-state index contributed by atoms with van der Waals surface area (Å²) in [7, 11) is 0. The van der Waals surface area contributed by atoms with Crippen LogP contribution in [0.5, 0.6) is 0 Å². The zero-order chi connectivity index (χ0) is 9.10. The van der Waals surface area contributed by atoms with Crippen molar-refractivity contribution >= 4 is 11.6 Å². The molecule has 1 saturated carbocycles. The fraction of sp³-hybridized carbons (Fsp3) is 1.00. The molecule has 0 radical (unpaired) electrons. The summed E-state index contributed by atoms with van der Waals surface area (Å²) >= 11 is 5.82. The van der Waals surface area contributed by atoms with E-state index >= 15 is 0 Å². The SMILES string of the molecule is ClCCN1CCCC2CCCCC21. The molecule has 2 heteroatoms. The molecule has 0 spiro atoms. The summed E-state index contributed by atoms with van der Waals surface area (Å²) in [6.07, 6.45) is 8.70. The maximum absolute atomic E-state index is 5.82. The summed E-state index contributed by atoms with van der Waals surface area (Å²) in [4.78, 5) is 2.64. The first-order valence-corrected chi connectivity index (χ1v) is 6.25. The molecular weight excluding hydrogens is 182 g/mol. The van der Waals surface area contributed by atoms with Gasteiger partial charge in [0.05, 0.1) is 0 Å². The Morgan fingerprint density at radius 3 is 2.69 bits per heavy atom. The van der Waals surface area contributed by atoms with E-state index in [1.54, 1.807) is 0 Å². The fourth-order valence-electron chi connectivity index (χ4n) is 3.11. The number of alkyl halides is 1. The van der Waals surface area contributed by atoms with Crippen LogP contribution in [0.4, 0.5) is 0 Å². The second-order valence-corrected chi connectivity index (χ2v) is 4.86. The molecule has 1 heterocycles. The van der Waals surface area contributed by atoms with Gasteiger partial charge in [-0.05, 0) is 38.1 Å². The zero-order valence-electron chi connectivity index (χ0n) is 8.34. The van der Waals surface area contributed by atoms with Crippen molar-refractivity contribution in [2.75, 3.05) is 19.0 Å². The molecule has 2 aliphatic rings. The van der Waals surface area contributed by atoms with Crippen molar-refractivity contribution in [2.45, 2.75) is 44.6 Å². The van der Waals surface area contributed by atoms with Gasteiger partial charge in [0.1, 0.15) is 0 Å². The van der Waals surface area contributed by atoms with Crippen molar-refractivity contribution in [2.24, 2.45) is 5.92 Å². The van der Waals surface area contributed by atoms with E-state index in [1.807, 2.05) is 0 Å².